The monoisotopic (exact) mass is 399 g/mol. The van der Waals surface area contributed by atoms with Crippen LogP contribution in [0.2, 0.25) is 0 Å². The highest BCUT2D eigenvalue weighted by Gasteiger charge is 2.50. The maximum atomic E-state index is 13.0. The second-order valence-electron chi connectivity index (χ2n) is 6.20. The van der Waals surface area contributed by atoms with Crippen LogP contribution in [0.15, 0.2) is 15.5 Å². The molecule has 8 heteroatoms. The lowest BCUT2D eigenvalue weighted by Crippen LogP contribution is -2.68. The summed E-state index contributed by atoms with van der Waals surface area (Å²) in [5, 5.41) is 1.95. The van der Waals surface area contributed by atoms with Crippen molar-refractivity contribution < 1.29 is 14.3 Å². The van der Waals surface area contributed by atoms with Gasteiger partial charge in [-0.05, 0) is 22.4 Å². The van der Waals surface area contributed by atoms with Crippen LogP contribution in [0, 0.1) is 0 Å². The highest BCUT2D eigenvalue weighted by atomic mass is 79.9. The lowest BCUT2D eigenvalue weighted by atomic mass is 10.0. The molecule has 1 atom stereocenters. The molecule has 0 aliphatic carbocycles. The van der Waals surface area contributed by atoms with Crippen molar-refractivity contribution in [1.82, 2.24) is 9.58 Å². The predicted octanol–water partition coefficient (Wildman–Crippen LogP) is 1.56. The van der Waals surface area contributed by atoms with Crippen LogP contribution in [-0.2, 0) is 4.74 Å². The zero-order valence-electron chi connectivity index (χ0n) is 14.2. The first-order valence-electron chi connectivity index (χ1n) is 8.12. The molecule has 1 unspecified atom stereocenters. The molecule has 1 aromatic heterocycles. The van der Waals surface area contributed by atoms with Gasteiger partial charge in [0.05, 0.1) is 24.3 Å². The van der Waals surface area contributed by atoms with Crippen LogP contribution in [0.25, 0.3) is 0 Å². The summed E-state index contributed by atoms with van der Waals surface area (Å²) in [5.74, 6) is -0.120. The molecule has 132 valence electrons. The number of hydrogen-bond donors (Lipinski definition) is 0. The van der Waals surface area contributed by atoms with Crippen molar-refractivity contribution in [2.45, 2.75) is 31.8 Å². The Hall–Kier alpha value is -1.54. The van der Waals surface area contributed by atoms with Gasteiger partial charge < -0.3 is 14.4 Å². The second kappa shape index (κ2) is 6.40. The average Bonchev–Trinajstić information content (AvgIpc) is 3.06. The Morgan fingerprint density at radius 2 is 2.12 bits per heavy atom. The van der Waals surface area contributed by atoms with E-state index in [1.165, 1.54) is 0 Å². The fourth-order valence-corrected chi connectivity index (χ4v) is 3.64. The topological polar surface area (TPSA) is 64.0 Å². The Kier molecular flexibility index (Phi) is 4.61. The molecule has 0 bridgehead atoms. The number of hydrogen-bond acceptors (Lipinski definition) is 5. The Bertz CT molecular complexity index is 712. The molecule has 24 heavy (non-hydrogen) atoms. The lowest BCUT2D eigenvalue weighted by Gasteiger charge is -2.50. The van der Waals surface area contributed by atoms with Gasteiger partial charge in [0.15, 0.2) is 17.1 Å². The molecule has 0 radical (unpaired) electrons. The van der Waals surface area contributed by atoms with E-state index in [-0.39, 0.29) is 22.8 Å². The minimum atomic E-state index is -0.542. The van der Waals surface area contributed by atoms with E-state index < -0.39 is 5.66 Å². The van der Waals surface area contributed by atoms with E-state index in [9.17, 15) is 9.59 Å². The van der Waals surface area contributed by atoms with E-state index in [0.29, 0.717) is 30.7 Å². The van der Waals surface area contributed by atoms with Gasteiger partial charge in [-0.2, -0.15) is 0 Å². The van der Waals surface area contributed by atoms with E-state index in [2.05, 4.69) is 15.9 Å². The van der Waals surface area contributed by atoms with Crippen LogP contribution in [0.5, 0.6) is 5.75 Å². The first-order valence-corrected chi connectivity index (χ1v) is 8.91. The number of likely N-dealkylation sites (N-methyl/N-ethyl adjacent to an activating group) is 2. The molecule has 0 saturated carbocycles. The molecular weight excluding hydrogens is 378 g/mol. The number of fused-ring (bicyclic) bond motifs is 1. The van der Waals surface area contributed by atoms with Gasteiger partial charge in [-0.1, -0.05) is 13.3 Å². The third kappa shape index (κ3) is 2.43. The van der Waals surface area contributed by atoms with Crippen LogP contribution in [0.3, 0.4) is 0 Å². The minimum Gasteiger partial charge on any atom is -0.487 e. The van der Waals surface area contributed by atoms with Gasteiger partial charge >= 0.3 is 0 Å². The zero-order valence-corrected chi connectivity index (χ0v) is 15.8. The minimum absolute atomic E-state index is 0.107. The first kappa shape index (κ1) is 17.3. The highest BCUT2D eigenvalue weighted by Crippen LogP contribution is 2.35. The zero-order chi connectivity index (χ0) is 17.5. The predicted molar refractivity (Wildman–Crippen MR) is 93.2 cm³/mol. The summed E-state index contributed by atoms with van der Waals surface area (Å²) in [6.07, 6.45) is 4.12. The Balaban J connectivity index is 2.14. The van der Waals surface area contributed by atoms with Gasteiger partial charge in [-0.25, -0.2) is 0 Å². The van der Waals surface area contributed by atoms with Gasteiger partial charge in [0.2, 0.25) is 5.43 Å². The molecule has 1 spiro atoms. The van der Waals surface area contributed by atoms with E-state index in [1.54, 1.807) is 22.8 Å². The van der Waals surface area contributed by atoms with Crippen molar-refractivity contribution in [3.05, 3.63) is 26.6 Å². The smallest absolute Gasteiger partial charge is 0.278 e. The molecule has 2 aliphatic heterocycles. The summed E-state index contributed by atoms with van der Waals surface area (Å²) in [4.78, 5) is 27.2. The Morgan fingerprint density at radius 1 is 1.38 bits per heavy atom. The summed E-state index contributed by atoms with van der Waals surface area (Å²) >= 11 is 3.30. The number of halogens is 1. The number of rotatable bonds is 4. The molecule has 7 nitrogen and oxygen atoms in total. The maximum absolute atomic E-state index is 13.0. The van der Waals surface area contributed by atoms with Gasteiger partial charge in [0, 0.05) is 26.7 Å². The molecule has 0 N–H and O–H groups in total. The molecule has 3 heterocycles. The second-order valence-corrected chi connectivity index (χ2v) is 7.06. The van der Waals surface area contributed by atoms with Gasteiger partial charge in [-0.3, -0.25) is 19.3 Å². The molecule has 1 saturated heterocycles. The van der Waals surface area contributed by atoms with Crippen LogP contribution < -0.4 is 15.2 Å². The lowest BCUT2D eigenvalue weighted by molar-refractivity contribution is 0.0329. The standard InChI is InChI=1S/C16H22BrN3O4/c1-4-5-7-24-14-12-15(22)18(2)16(6-8-23-10-16)19(3)20(12)9-11(17)13(14)21/h9H,4-8,10H2,1-3H3. The molecule has 1 amide bonds. The van der Waals surface area contributed by atoms with Crippen molar-refractivity contribution in [3.63, 3.8) is 0 Å². The number of aromatic nitrogens is 1. The van der Waals surface area contributed by atoms with Crippen molar-refractivity contribution >= 4 is 21.8 Å². The summed E-state index contributed by atoms with van der Waals surface area (Å²) in [7, 11) is 3.65. The number of nitrogens with zero attached hydrogens (tertiary/aromatic N) is 3. The fourth-order valence-electron chi connectivity index (χ4n) is 3.26. The van der Waals surface area contributed by atoms with Gasteiger partial charge in [0.1, 0.15) is 0 Å². The number of carbonyl (C=O) groups excluding carboxylic acids is 1. The normalized spacial score (nSPS) is 23.1. The SMILES string of the molecule is CCCCOc1c2n(cc(Br)c1=O)N(C)C1(CCOC1)N(C)C2=O. The van der Waals surface area contributed by atoms with Crippen molar-refractivity contribution in [2.75, 3.05) is 38.9 Å². The third-order valence-electron chi connectivity index (χ3n) is 4.88. The largest absolute Gasteiger partial charge is 0.487 e. The van der Waals surface area contributed by atoms with E-state index in [4.69, 9.17) is 9.47 Å². The van der Waals surface area contributed by atoms with E-state index in [1.807, 2.05) is 19.0 Å². The number of amides is 1. The molecular formula is C16H22BrN3O4. The van der Waals surface area contributed by atoms with E-state index in [0.717, 1.165) is 12.8 Å². The summed E-state index contributed by atoms with van der Waals surface area (Å²) in [6.45, 7) is 3.48. The Morgan fingerprint density at radius 3 is 2.75 bits per heavy atom. The van der Waals surface area contributed by atoms with E-state index >= 15 is 0 Å². The van der Waals surface area contributed by atoms with Crippen LogP contribution >= 0.6 is 15.9 Å². The van der Waals surface area contributed by atoms with Crippen LogP contribution in [0.1, 0.15) is 36.7 Å². The summed E-state index contributed by atoms with van der Waals surface area (Å²) in [6, 6.07) is 0. The quantitative estimate of drug-likeness (QED) is 0.718. The molecule has 3 rings (SSSR count). The molecule has 1 fully saturated rings. The molecule has 2 aliphatic rings. The summed E-state index contributed by atoms with van der Waals surface area (Å²) < 4.78 is 13.3. The van der Waals surface area contributed by atoms with Gasteiger partial charge in [0.25, 0.3) is 5.91 Å². The Labute approximate surface area is 149 Å². The number of ether oxygens (including phenoxy) is 2. The van der Waals surface area contributed by atoms with Crippen LogP contribution in [0.4, 0.5) is 0 Å². The van der Waals surface area contributed by atoms with Gasteiger partial charge in [-0.15, -0.1) is 0 Å². The molecule has 0 aromatic carbocycles. The molecule has 1 aromatic rings. The van der Waals surface area contributed by atoms with Crippen molar-refractivity contribution in [1.29, 1.82) is 0 Å². The van der Waals surface area contributed by atoms with Crippen molar-refractivity contribution in [2.24, 2.45) is 0 Å². The first-order chi connectivity index (χ1) is 11.4. The third-order valence-corrected chi connectivity index (χ3v) is 5.45. The highest BCUT2D eigenvalue weighted by molar-refractivity contribution is 9.10. The maximum Gasteiger partial charge on any atom is 0.278 e. The van der Waals surface area contributed by atoms with Crippen molar-refractivity contribution in [3.8, 4) is 5.75 Å². The fraction of sp³-hybridized carbons (Fsp3) is 0.625. The van der Waals surface area contributed by atoms with Crippen LogP contribution in [-0.4, -0.2) is 55.1 Å². The number of pyridine rings is 1. The number of unbranched alkanes of at least 4 members (excludes halogenated alkanes) is 1. The average molecular weight is 400 g/mol. The summed E-state index contributed by atoms with van der Waals surface area (Å²) in [5.41, 5.74) is -0.577. The number of carbonyl (C=O) groups is 1.